The van der Waals surface area contributed by atoms with Gasteiger partial charge in [0.15, 0.2) is 6.61 Å². The number of nitriles is 1. The second-order valence-corrected chi connectivity index (χ2v) is 6.91. The molecule has 1 aliphatic rings. The number of amides is 1. The number of aromatic nitrogens is 4. The van der Waals surface area contributed by atoms with Crippen LogP contribution in [0.3, 0.4) is 0 Å². The zero-order valence-electron chi connectivity index (χ0n) is 16.2. The fourth-order valence-electron chi connectivity index (χ4n) is 3.56. The van der Waals surface area contributed by atoms with Gasteiger partial charge in [-0.25, -0.2) is 23.5 Å². The summed E-state index contributed by atoms with van der Waals surface area (Å²) in [5.41, 5.74) is 3.08. The zero-order valence-corrected chi connectivity index (χ0v) is 16.2. The lowest BCUT2D eigenvalue weighted by atomic mass is 10.1. The van der Waals surface area contributed by atoms with Crippen LogP contribution in [0.1, 0.15) is 5.56 Å². The molecular formula is C19H19F2N7O2. The van der Waals surface area contributed by atoms with Crippen LogP contribution in [0.15, 0.2) is 24.8 Å². The summed E-state index contributed by atoms with van der Waals surface area (Å²) < 4.78 is 30.9. The predicted molar refractivity (Wildman–Crippen MR) is 104 cm³/mol. The Morgan fingerprint density at radius 1 is 1.33 bits per heavy atom. The molecule has 0 aromatic carbocycles. The third-order valence-electron chi connectivity index (χ3n) is 4.96. The maximum absolute atomic E-state index is 12.2. The molecule has 156 valence electrons. The number of imidazole rings is 1. The molecular weight excluding hydrogens is 396 g/mol. The lowest BCUT2D eigenvalue weighted by Gasteiger charge is -2.35. The highest BCUT2D eigenvalue weighted by molar-refractivity contribution is 5.99. The van der Waals surface area contributed by atoms with Gasteiger partial charge < -0.3 is 24.1 Å². The molecule has 0 atom stereocenters. The molecule has 30 heavy (non-hydrogen) atoms. The Morgan fingerprint density at radius 2 is 2.10 bits per heavy atom. The summed E-state index contributed by atoms with van der Waals surface area (Å²) >= 11 is 0. The molecule has 3 aromatic rings. The largest absolute Gasteiger partial charge is 0.443 e. The second kappa shape index (κ2) is 7.98. The predicted octanol–water partition coefficient (Wildman–Crippen LogP) is 2.36. The average molecular weight is 415 g/mol. The number of nitrogens with one attached hydrogen (secondary N) is 1. The fourth-order valence-corrected chi connectivity index (χ4v) is 3.56. The van der Waals surface area contributed by atoms with Crippen LogP contribution in [0.25, 0.3) is 22.4 Å². The van der Waals surface area contributed by atoms with Gasteiger partial charge in [0.1, 0.15) is 17.4 Å². The minimum atomic E-state index is -2.69. The highest BCUT2D eigenvalue weighted by atomic mass is 19.3. The van der Waals surface area contributed by atoms with Crippen LogP contribution in [0, 0.1) is 11.3 Å². The number of pyridine rings is 1. The van der Waals surface area contributed by atoms with Crippen molar-refractivity contribution >= 4 is 22.8 Å². The Balaban J connectivity index is 1.59. The smallest absolute Gasteiger partial charge is 0.410 e. The summed E-state index contributed by atoms with van der Waals surface area (Å²) in [6, 6.07) is 4.08. The van der Waals surface area contributed by atoms with Crippen LogP contribution in [0.5, 0.6) is 0 Å². The summed E-state index contributed by atoms with van der Waals surface area (Å²) in [4.78, 5) is 27.2. The number of H-pyrrole nitrogens is 1. The normalized spacial score (nSPS) is 14.4. The monoisotopic (exact) mass is 415 g/mol. The van der Waals surface area contributed by atoms with Gasteiger partial charge in [-0.2, -0.15) is 5.26 Å². The van der Waals surface area contributed by atoms with E-state index in [1.807, 2.05) is 24.2 Å². The number of nitrogens with zero attached hydrogens (tertiary/aromatic N) is 6. The molecule has 1 aliphatic heterocycles. The van der Waals surface area contributed by atoms with E-state index in [2.05, 4.69) is 25.8 Å². The van der Waals surface area contributed by atoms with Crippen LogP contribution < -0.4 is 4.90 Å². The van der Waals surface area contributed by atoms with E-state index in [4.69, 9.17) is 0 Å². The van der Waals surface area contributed by atoms with Crippen molar-refractivity contribution in [3.05, 3.63) is 30.4 Å². The van der Waals surface area contributed by atoms with E-state index in [-0.39, 0.29) is 0 Å². The van der Waals surface area contributed by atoms with Gasteiger partial charge in [-0.05, 0) is 6.07 Å². The molecule has 11 heteroatoms. The van der Waals surface area contributed by atoms with Gasteiger partial charge in [-0.15, -0.1) is 0 Å². The molecule has 1 fully saturated rings. The molecule has 0 aliphatic carbocycles. The van der Waals surface area contributed by atoms with E-state index in [1.165, 1.54) is 4.90 Å². The fraction of sp³-hybridized carbons (Fsp3) is 0.368. The quantitative estimate of drug-likeness (QED) is 0.702. The van der Waals surface area contributed by atoms with Crippen LogP contribution >= 0.6 is 0 Å². The highest BCUT2D eigenvalue weighted by Gasteiger charge is 2.26. The average Bonchev–Trinajstić information content (AvgIpc) is 3.34. The lowest BCUT2D eigenvalue weighted by Crippen LogP contribution is -2.49. The molecule has 0 bridgehead atoms. The van der Waals surface area contributed by atoms with E-state index < -0.39 is 19.1 Å². The standard InChI is InChI=1S/C19H19F2N7O2/c1-26-9-13(24-11-26)17-12(8-22)16-14(2-3-23-18(16)25-17)27-4-6-28(7-5-27)19(29)30-10-15(20)21/h2-3,9,11,15H,4-7,10H2,1H3,(H,23,25). The molecule has 1 saturated heterocycles. The van der Waals surface area contributed by atoms with Crippen molar-refractivity contribution in [2.45, 2.75) is 6.43 Å². The zero-order chi connectivity index (χ0) is 21.3. The molecule has 4 rings (SSSR count). The molecule has 1 N–H and O–H groups in total. The lowest BCUT2D eigenvalue weighted by molar-refractivity contribution is 0.0311. The van der Waals surface area contributed by atoms with E-state index in [0.29, 0.717) is 54.2 Å². The summed E-state index contributed by atoms with van der Waals surface area (Å²) in [6.07, 6.45) is 1.69. The second-order valence-electron chi connectivity index (χ2n) is 6.91. The highest BCUT2D eigenvalue weighted by Crippen LogP contribution is 2.34. The Kier molecular flexibility index (Phi) is 5.22. The van der Waals surface area contributed by atoms with Gasteiger partial charge in [-0.1, -0.05) is 0 Å². The molecule has 0 unspecified atom stereocenters. The van der Waals surface area contributed by atoms with E-state index in [9.17, 15) is 18.8 Å². The minimum absolute atomic E-state index is 0.325. The van der Waals surface area contributed by atoms with Crippen molar-refractivity contribution < 1.29 is 18.3 Å². The molecule has 0 saturated carbocycles. The molecule has 3 aromatic heterocycles. The number of carbonyl (C=O) groups excluding carboxylic acids is 1. The van der Waals surface area contributed by atoms with Crippen LogP contribution in [-0.4, -0.2) is 69.7 Å². The van der Waals surface area contributed by atoms with E-state index in [0.717, 1.165) is 5.69 Å². The van der Waals surface area contributed by atoms with Crippen molar-refractivity contribution in [1.82, 2.24) is 24.4 Å². The molecule has 0 radical (unpaired) electrons. The maximum atomic E-state index is 12.2. The van der Waals surface area contributed by atoms with Crippen molar-refractivity contribution in [2.75, 3.05) is 37.7 Å². The number of fused-ring (bicyclic) bond motifs is 1. The first-order valence-corrected chi connectivity index (χ1v) is 9.32. The van der Waals surface area contributed by atoms with Crippen LogP contribution in [0.2, 0.25) is 0 Å². The molecule has 0 spiro atoms. The Morgan fingerprint density at radius 3 is 2.73 bits per heavy atom. The topological polar surface area (TPSA) is 103 Å². The summed E-state index contributed by atoms with van der Waals surface area (Å²) in [5, 5.41) is 10.5. The van der Waals surface area contributed by atoms with Crippen LogP contribution in [-0.2, 0) is 11.8 Å². The first-order chi connectivity index (χ1) is 14.5. The first kappa shape index (κ1) is 19.6. The van der Waals surface area contributed by atoms with Gasteiger partial charge in [0.25, 0.3) is 6.43 Å². The van der Waals surface area contributed by atoms with Crippen molar-refractivity contribution in [3.8, 4) is 17.5 Å². The minimum Gasteiger partial charge on any atom is -0.443 e. The number of aromatic amines is 1. The third kappa shape index (κ3) is 3.63. The Labute approximate surface area is 170 Å². The number of rotatable bonds is 4. The Hall–Kier alpha value is -3.68. The number of hydrogen-bond acceptors (Lipinski definition) is 6. The maximum Gasteiger partial charge on any atom is 0.410 e. The number of piperazine rings is 1. The number of carbonyl (C=O) groups is 1. The molecule has 4 heterocycles. The van der Waals surface area contributed by atoms with Gasteiger partial charge in [0.05, 0.1) is 28.7 Å². The van der Waals surface area contributed by atoms with Gasteiger partial charge >= 0.3 is 6.09 Å². The molecule has 9 nitrogen and oxygen atoms in total. The summed E-state index contributed by atoms with van der Waals surface area (Å²) in [7, 11) is 1.85. The SMILES string of the molecule is Cn1cnc(-c2[nH]c3nccc(N4CCN(C(=O)OCC(F)F)CC4)c3c2C#N)c1. The number of anilines is 1. The molecule has 1 amide bonds. The third-order valence-corrected chi connectivity index (χ3v) is 4.96. The van der Waals surface area contributed by atoms with Gasteiger partial charge in [0, 0.05) is 45.6 Å². The summed E-state index contributed by atoms with van der Waals surface area (Å²) in [5.74, 6) is 0. The van der Waals surface area contributed by atoms with Crippen molar-refractivity contribution in [1.29, 1.82) is 5.26 Å². The van der Waals surface area contributed by atoms with E-state index in [1.54, 1.807) is 17.1 Å². The van der Waals surface area contributed by atoms with Gasteiger partial charge in [-0.3, -0.25) is 0 Å². The first-order valence-electron chi connectivity index (χ1n) is 9.32. The summed E-state index contributed by atoms with van der Waals surface area (Å²) in [6.45, 7) is 0.682. The van der Waals surface area contributed by atoms with Crippen molar-refractivity contribution in [2.24, 2.45) is 7.05 Å². The number of ether oxygens (including phenoxy) is 1. The van der Waals surface area contributed by atoms with E-state index >= 15 is 0 Å². The number of aryl methyl sites for hydroxylation is 1. The van der Waals surface area contributed by atoms with Crippen LogP contribution in [0.4, 0.5) is 19.3 Å². The number of alkyl halides is 2. The Bertz CT molecular complexity index is 1110. The van der Waals surface area contributed by atoms with Crippen molar-refractivity contribution in [3.63, 3.8) is 0 Å². The van der Waals surface area contributed by atoms with Gasteiger partial charge in [0.2, 0.25) is 0 Å². The number of hydrogen-bond donors (Lipinski definition) is 1. The number of halogens is 2.